The monoisotopic (exact) mass is 616 g/mol. The fraction of sp³-hybridized carbons (Fsp3) is 0.360. The number of aromatic nitrogens is 3. The number of esters is 1. The summed E-state index contributed by atoms with van der Waals surface area (Å²) >= 11 is 2.21. The van der Waals surface area contributed by atoms with Gasteiger partial charge in [-0.2, -0.15) is 13.2 Å². The highest BCUT2D eigenvalue weighted by molar-refractivity contribution is 8.14. The number of aliphatic imine (C=N–C) groups is 1. The number of rotatable bonds is 7. The summed E-state index contributed by atoms with van der Waals surface area (Å²) in [7, 11) is 0.982. The Kier molecular flexibility index (Phi) is 11.1. The lowest BCUT2D eigenvalue weighted by Gasteiger charge is -2.22. The fourth-order valence-electron chi connectivity index (χ4n) is 3.69. The Morgan fingerprint density at radius 2 is 1.83 bits per heavy atom. The molecule has 0 aliphatic carbocycles. The minimum Gasteiger partial charge on any atom is -0.465 e. The Hall–Kier alpha value is -3.66. The molecule has 3 heterocycles. The molecule has 3 aromatic rings. The molecular formula is C25H25F5N6O3S2. The van der Waals surface area contributed by atoms with Gasteiger partial charge in [0.25, 0.3) is 6.43 Å². The molecule has 16 heteroatoms. The molecule has 0 saturated heterocycles. The normalized spacial score (nSPS) is 13.0. The zero-order valence-corrected chi connectivity index (χ0v) is 23.6. The zero-order chi connectivity index (χ0) is 30.2. The summed E-state index contributed by atoms with van der Waals surface area (Å²) in [5, 5.41) is 9.58. The van der Waals surface area contributed by atoms with Crippen LogP contribution in [0.25, 0.3) is 0 Å². The van der Waals surface area contributed by atoms with Crippen molar-refractivity contribution in [3.8, 4) is 0 Å². The first-order chi connectivity index (χ1) is 19.4. The molecule has 0 unspecified atom stereocenters. The summed E-state index contributed by atoms with van der Waals surface area (Å²) in [6.45, 7) is 3.73. The third-order valence-corrected chi connectivity index (χ3v) is 6.81. The third-order valence-electron chi connectivity index (χ3n) is 5.23. The quantitative estimate of drug-likeness (QED) is 0.224. The van der Waals surface area contributed by atoms with Gasteiger partial charge in [0.15, 0.2) is 5.69 Å². The van der Waals surface area contributed by atoms with Crippen molar-refractivity contribution in [1.82, 2.24) is 14.6 Å². The number of urea groups is 1. The Morgan fingerprint density at radius 1 is 1.12 bits per heavy atom. The summed E-state index contributed by atoms with van der Waals surface area (Å²) in [6, 6.07) is 8.91. The van der Waals surface area contributed by atoms with Crippen molar-refractivity contribution in [3.05, 3.63) is 64.6 Å². The molecule has 0 bridgehead atoms. The maximum atomic E-state index is 13.6. The van der Waals surface area contributed by atoms with Crippen LogP contribution < -0.4 is 10.6 Å². The van der Waals surface area contributed by atoms with Gasteiger partial charge in [-0.1, -0.05) is 36.5 Å². The van der Waals surface area contributed by atoms with Crippen LogP contribution in [0.3, 0.4) is 0 Å². The van der Waals surface area contributed by atoms with E-state index < -0.39 is 41.1 Å². The average molecular weight is 617 g/mol. The van der Waals surface area contributed by atoms with Crippen LogP contribution in [0.1, 0.15) is 53.1 Å². The number of halogens is 5. The summed E-state index contributed by atoms with van der Waals surface area (Å²) in [5.74, 6) is -0.863. The number of carbonyl (C=O) groups is 2. The van der Waals surface area contributed by atoms with Crippen molar-refractivity contribution in [2.45, 2.75) is 32.9 Å². The van der Waals surface area contributed by atoms with Gasteiger partial charge in [-0.3, -0.25) is 10.3 Å². The molecule has 2 amide bonds. The highest BCUT2D eigenvalue weighted by atomic mass is 32.2. The van der Waals surface area contributed by atoms with Gasteiger partial charge >= 0.3 is 18.2 Å². The van der Waals surface area contributed by atoms with E-state index in [9.17, 15) is 31.5 Å². The Balaban J connectivity index is 0.000000260. The highest BCUT2D eigenvalue weighted by Crippen LogP contribution is 2.40. The van der Waals surface area contributed by atoms with Crippen LogP contribution in [0.5, 0.6) is 0 Å². The number of thioether (sulfide) groups is 1. The number of ether oxygens (including phenoxy) is 1. The van der Waals surface area contributed by atoms with E-state index in [0.29, 0.717) is 17.3 Å². The molecular weight excluding hydrogens is 591 g/mol. The second-order valence-electron chi connectivity index (χ2n) is 8.72. The van der Waals surface area contributed by atoms with E-state index >= 15 is 0 Å². The lowest BCUT2D eigenvalue weighted by atomic mass is 9.91. The average Bonchev–Trinajstić information content (AvgIpc) is 3.62. The Morgan fingerprint density at radius 3 is 2.34 bits per heavy atom. The summed E-state index contributed by atoms with van der Waals surface area (Å²) in [6.07, 6.45) is -6.85. The number of anilines is 2. The number of para-hydroxylation sites is 1. The van der Waals surface area contributed by atoms with Crippen LogP contribution in [0.4, 0.5) is 37.4 Å². The van der Waals surface area contributed by atoms with Crippen molar-refractivity contribution in [3.63, 3.8) is 0 Å². The Labute approximate surface area is 240 Å². The molecule has 0 spiro atoms. The fourth-order valence-corrected chi connectivity index (χ4v) is 5.03. The second kappa shape index (κ2) is 14.3. The molecule has 0 atom stereocenters. The molecule has 2 aromatic heterocycles. The standard InChI is InChI=1S/C16H17F5N2O2S.C9H8N4OS/c1-7(2)6-8-9(15(24)25-3)11(13(17)18)23-12(16(19,20)21)10(8)14-22-4-5-26-14;14-9(12-8-6-10-13-15-8)11-7-4-2-1-3-5-7/h7,13H,4-6H2,1-3H3;1-6H,(H2,11,12,14). The number of pyridine rings is 1. The van der Waals surface area contributed by atoms with E-state index in [-0.39, 0.29) is 29.0 Å². The number of amides is 2. The molecule has 0 radical (unpaired) electrons. The van der Waals surface area contributed by atoms with Gasteiger partial charge in [0.05, 0.1) is 18.9 Å². The van der Waals surface area contributed by atoms with Gasteiger partial charge < -0.3 is 10.1 Å². The summed E-state index contributed by atoms with van der Waals surface area (Å²) < 4.78 is 75.8. The van der Waals surface area contributed by atoms with Crippen LogP contribution in [0.2, 0.25) is 0 Å². The van der Waals surface area contributed by atoms with E-state index in [4.69, 9.17) is 0 Å². The molecule has 1 aliphatic rings. The number of nitrogens with zero attached hydrogens (tertiary/aromatic N) is 4. The summed E-state index contributed by atoms with van der Waals surface area (Å²) in [4.78, 5) is 30.8. The first-order valence-corrected chi connectivity index (χ1v) is 13.8. The number of carbonyl (C=O) groups excluding carboxylic acids is 2. The largest absolute Gasteiger partial charge is 0.465 e. The Bertz CT molecular complexity index is 1370. The predicted molar refractivity (Wildman–Crippen MR) is 147 cm³/mol. The van der Waals surface area contributed by atoms with Gasteiger partial charge in [-0.15, -0.1) is 16.9 Å². The number of alkyl halides is 5. The molecule has 41 heavy (non-hydrogen) atoms. The van der Waals surface area contributed by atoms with E-state index in [1.165, 1.54) is 6.20 Å². The first-order valence-electron chi connectivity index (χ1n) is 12.0. The maximum Gasteiger partial charge on any atom is 0.434 e. The molecule has 1 aromatic carbocycles. The summed E-state index contributed by atoms with van der Waals surface area (Å²) in [5.41, 5.74) is -3.05. The van der Waals surface area contributed by atoms with Crippen molar-refractivity contribution in [2.24, 2.45) is 10.9 Å². The van der Waals surface area contributed by atoms with Crippen LogP contribution in [-0.4, -0.2) is 51.0 Å². The number of methoxy groups -OCH3 is 1. The van der Waals surface area contributed by atoms with Crippen molar-refractivity contribution in [1.29, 1.82) is 0 Å². The number of benzene rings is 1. The van der Waals surface area contributed by atoms with E-state index in [1.807, 2.05) is 30.3 Å². The number of hydrogen-bond acceptors (Lipinski definition) is 9. The van der Waals surface area contributed by atoms with Crippen LogP contribution in [0.15, 0.2) is 41.5 Å². The van der Waals surface area contributed by atoms with Crippen molar-refractivity contribution < 1.29 is 36.3 Å². The smallest absolute Gasteiger partial charge is 0.434 e. The SMILES string of the molecule is COC(=O)c1c(C(F)F)nc(C(F)(F)F)c(C2=NCCS2)c1CC(C)C.O=C(Nc1ccccc1)Nc1cnns1. The topological polar surface area (TPSA) is 118 Å². The van der Waals surface area contributed by atoms with Crippen LogP contribution in [-0.2, 0) is 17.3 Å². The number of nitrogens with one attached hydrogen (secondary N) is 2. The number of hydrogen-bond donors (Lipinski definition) is 2. The molecule has 220 valence electrons. The van der Waals surface area contributed by atoms with Gasteiger partial charge in [0.1, 0.15) is 15.7 Å². The van der Waals surface area contributed by atoms with Crippen LogP contribution in [0, 0.1) is 5.92 Å². The van der Waals surface area contributed by atoms with Gasteiger partial charge in [0.2, 0.25) is 0 Å². The molecule has 2 N–H and O–H groups in total. The predicted octanol–water partition coefficient (Wildman–Crippen LogP) is 6.70. The van der Waals surface area contributed by atoms with Gasteiger partial charge in [-0.25, -0.2) is 23.4 Å². The van der Waals surface area contributed by atoms with Gasteiger partial charge in [0, 0.05) is 35.1 Å². The highest BCUT2D eigenvalue weighted by Gasteiger charge is 2.42. The molecule has 0 fully saturated rings. The van der Waals surface area contributed by atoms with E-state index in [1.54, 1.807) is 13.8 Å². The van der Waals surface area contributed by atoms with Crippen LogP contribution >= 0.6 is 23.3 Å². The molecule has 4 rings (SSSR count). The van der Waals surface area contributed by atoms with Crippen molar-refractivity contribution in [2.75, 3.05) is 30.0 Å². The first kappa shape index (κ1) is 31.9. The minimum atomic E-state index is -4.97. The lowest BCUT2D eigenvalue weighted by molar-refractivity contribution is -0.141. The molecule has 1 aliphatic heterocycles. The second-order valence-corrected chi connectivity index (χ2v) is 10.6. The molecule has 9 nitrogen and oxygen atoms in total. The molecule has 0 saturated carbocycles. The minimum absolute atomic E-state index is 0.0231. The zero-order valence-electron chi connectivity index (χ0n) is 22.0. The third kappa shape index (κ3) is 8.66. The lowest BCUT2D eigenvalue weighted by Crippen LogP contribution is -2.24. The van der Waals surface area contributed by atoms with Crippen molar-refractivity contribution >= 4 is 51.0 Å². The van der Waals surface area contributed by atoms with E-state index in [0.717, 1.165) is 36.1 Å². The van der Waals surface area contributed by atoms with Gasteiger partial charge in [-0.05, 0) is 30.0 Å². The van der Waals surface area contributed by atoms with E-state index in [2.05, 4.69) is 34.9 Å². The maximum absolute atomic E-state index is 13.6.